The molecule has 1 aromatic carbocycles. The van der Waals surface area contributed by atoms with Gasteiger partial charge in [-0.2, -0.15) is 5.26 Å². The molecule has 1 rings (SSSR count). The van der Waals surface area contributed by atoms with E-state index in [9.17, 15) is 5.26 Å². The Balaban J connectivity index is 2.58. The number of benzene rings is 1. The van der Waals surface area contributed by atoms with Crippen LogP contribution in [0.5, 0.6) is 5.75 Å². The second-order valence-electron chi connectivity index (χ2n) is 7.45. The van der Waals surface area contributed by atoms with Crippen LogP contribution in [0.25, 0.3) is 0 Å². The van der Waals surface area contributed by atoms with Crippen molar-refractivity contribution in [2.75, 3.05) is 20.5 Å². The molecule has 0 spiro atoms. The Morgan fingerprint density at radius 3 is 2.43 bits per heavy atom. The molecule has 0 radical (unpaired) electrons. The average Bonchev–Trinajstić information content (AvgIpc) is 2.49. The van der Waals surface area contributed by atoms with Crippen molar-refractivity contribution in [1.29, 1.82) is 5.26 Å². The van der Waals surface area contributed by atoms with Gasteiger partial charge in [-0.05, 0) is 37.6 Å². The van der Waals surface area contributed by atoms with Gasteiger partial charge < -0.3 is 14.2 Å². The molecule has 4 nitrogen and oxygen atoms in total. The number of nitrogens with zero attached hydrogens (tertiary/aromatic N) is 1. The monoisotopic (exact) mass is 335 g/mol. The summed E-state index contributed by atoms with van der Waals surface area (Å²) in [7, 11) is 0.577. The molecule has 0 aliphatic rings. The van der Waals surface area contributed by atoms with E-state index < -0.39 is 13.5 Å². The van der Waals surface area contributed by atoms with E-state index in [-0.39, 0.29) is 6.79 Å². The standard InChI is InChI=1S/C18H29NO3Si/c1-18(2,13-19)16-7-8-17(20-3)15(11-16)12-22-14-21-9-10-23(4,5)6/h7-8,11H,9-10,12,14H2,1-6H3. The summed E-state index contributed by atoms with van der Waals surface area (Å²) < 4.78 is 16.5. The van der Waals surface area contributed by atoms with Crippen LogP contribution in [0.1, 0.15) is 25.0 Å². The van der Waals surface area contributed by atoms with Gasteiger partial charge in [0.15, 0.2) is 0 Å². The van der Waals surface area contributed by atoms with Crippen LogP contribution in [0.3, 0.4) is 0 Å². The SMILES string of the molecule is COc1ccc(C(C)(C)C#N)cc1COCOCC[Si](C)(C)C. The maximum atomic E-state index is 9.27. The summed E-state index contributed by atoms with van der Waals surface area (Å²) in [6.45, 7) is 12.2. The fraction of sp³-hybridized carbons (Fsp3) is 0.611. The zero-order valence-corrected chi connectivity index (χ0v) is 16.2. The van der Waals surface area contributed by atoms with Crippen LogP contribution < -0.4 is 4.74 Å². The molecule has 1 aromatic rings. The molecule has 0 saturated carbocycles. The summed E-state index contributed by atoms with van der Waals surface area (Å²) >= 11 is 0. The number of methoxy groups -OCH3 is 1. The number of hydrogen-bond acceptors (Lipinski definition) is 4. The molecule has 0 aliphatic carbocycles. The van der Waals surface area contributed by atoms with Crippen LogP contribution in [-0.2, 0) is 21.5 Å². The molecule has 0 unspecified atom stereocenters. The van der Waals surface area contributed by atoms with Gasteiger partial charge in [0, 0.05) is 20.2 Å². The van der Waals surface area contributed by atoms with E-state index in [0.717, 1.165) is 29.5 Å². The predicted octanol–water partition coefficient (Wildman–Crippen LogP) is 4.33. The highest BCUT2D eigenvalue weighted by atomic mass is 28.3. The van der Waals surface area contributed by atoms with Crippen molar-refractivity contribution >= 4 is 8.07 Å². The Morgan fingerprint density at radius 1 is 1.17 bits per heavy atom. The second-order valence-corrected chi connectivity index (χ2v) is 13.1. The van der Waals surface area contributed by atoms with E-state index in [0.29, 0.717) is 6.61 Å². The van der Waals surface area contributed by atoms with Gasteiger partial charge in [-0.25, -0.2) is 0 Å². The van der Waals surface area contributed by atoms with E-state index in [4.69, 9.17) is 14.2 Å². The van der Waals surface area contributed by atoms with Gasteiger partial charge in [0.25, 0.3) is 0 Å². The van der Waals surface area contributed by atoms with Crippen LogP contribution in [0.15, 0.2) is 18.2 Å². The van der Waals surface area contributed by atoms with Gasteiger partial charge in [-0.1, -0.05) is 25.7 Å². The first-order chi connectivity index (χ1) is 10.7. The molecule has 0 bridgehead atoms. The zero-order valence-electron chi connectivity index (χ0n) is 15.2. The van der Waals surface area contributed by atoms with Crippen molar-refractivity contribution in [3.8, 4) is 11.8 Å². The summed E-state index contributed by atoms with van der Waals surface area (Å²) in [6.07, 6.45) is 0. The molecule has 0 heterocycles. The number of rotatable bonds is 9. The summed E-state index contributed by atoms with van der Waals surface area (Å²) in [4.78, 5) is 0. The third-order valence-electron chi connectivity index (χ3n) is 3.70. The lowest BCUT2D eigenvalue weighted by atomic mass is 9.85. The fourth-order valence-electron chi connectivity index (χ4n) is 1.99. The van der Waals surface area contributed by atoms with E-state index in [1.807, 2.05) is 32.0 Å². The Kier molecular flexibility index (Phi) is 7.27. The molecule has 0 N–H and O–H groups in total. The fourth-order valence-corrected chi connectivity index (χ4v) is 2.75. The topological polar surface area (TPSA) is 51.5 Å². The first-order valence-electron chi connectivity index (χ1n) is 7.94. The van der Waals surface area contributed by atoms with Crippen molar-refractivity contribution in [2.24, 2.45) is 0 Å². The van der Waals surface area contributed by atoms with Gasteiger partial charge in [-0.15, -0.1) is 0 Å². The van der Waals surface area contributed by atoms with Gasteiger partial charge in [0.1, 0.15) is 12.5 Å². The first kappa shape index (κ1) is 19.7. The van der Waals surface area contributed by atoms with Crippen LogP contribution in [0, 0.1) is 11.3 Å². The Labute approximate surface area is 141 Å². The molecule has 0 amide bonds. The van der Waals surface area contributed by atoms with Crippen molar-refractivity contribution in [3.63, 3.8) is 0 Å². The first-order valence-corrected chi connectivity index (χ1v) is 11.6. The van der Waals surface area contributed by atoms with Gasteiger partial charge in [-0.3, -0.25) is 0 Å². The molecule has 0 fully saturated rings. The zero-order chi connectivity index (χ0) is 17.5. The molecule has 0 atom stereocenters. The van der Waals surface area contributed by atoms with Gasteiger partial charge in [0.05, 0.1) is 25.2 Å². The quantitative estimate of drug-likeness (QED) is 0.383. The molecular weight excluding hydrogens is 306 g/mol. The molecular formula is C18H29NO3Si. The highest BCUT2D eigenvalue weighted by Gasteiger charge is 2.21. The third kappa shape index (κ3) is 6.74. The summed E-state index contributed by atoms with van der Waals surface area (Å²) in [5.41, 5.74) is 1.36. The van der Waals surface area contributed by atoms with E-state index in [1.54, 1.807) is 7.11 Å². The number of ether oxygens (including phenoxy) is 3. The Bertz CT molecular complexity index is 544. The minimum absolute atomic E-state index is 0.277. The van der Waals surface area contributed by atoms with Crippen molar-refractivity contribution in [2.45, 2.75) is 51.6 Å². The minimum atomic E-state index is -1.06. The Hall–Kier alpha value is -1.35. The number of hydrogen-bond donors (Lipinski definition) is 0. The van der Waals surface area contributed by atoms with Crippen molar-refractivity contribution < 1.29 is 14.2 Å². The lowest BCUT2D eigenvalue weighted by Crippen LogP contribution is -2.22. The van der Waals surface area contributed by atoms with Crippen molar-refractivity contribution in [1.82, 2.24) is 0 Å². The van der Waals surface area contributed by atoms with Gasteiger partial charge in [0.2, 0.25) is 0 Å². The van der Waals surface area contributed by atoms with Crippen LogP contribution in [0.4, 0.5) is 0 Å². The third-order valence-corrected chi connectivity index (χ3v) is 5.41. The van der Waals surface area contributed by atoms with Crippen LogP contribution in [0.2, 0.25) is 25.7 Å². The smallest absolute Gasteiger partial charge is 0.147 e. The highest BCUT2D eigenvalue weighted by molar-refractivity contribution is 6.76. The lowest BCUT2D eigenvalue weighted by Gasteiger charge is -2.19. The van der Waals surface area contributed by atoms with E-state index in [1.165, 1.54) is 0 Å². The molecule has 128 valence electrons. The minimum Gasteiger partial charge on any atom is -0.496 e. The summed E-state index contributed by atoms with van der Waals surface area (Å²) in [6, 6.07) is 9.24. The Morgan fingerprint density at radius 2 is 1.87 bits per heavy atom. The molecule has 0 aromatic heterocycles. The molecule has 0 aliphatic heterocycles. The molecule has 5 heteroatoms. The largest absolute Gasteiger partial charge is 0.496 e. The molecule has 23 heavy (non-hydrogen) atoms. The normalized spacial score (nSPS) is 12.0. The van der Waals surface area contributed by atoms with E-state index >= 15 is 0 Å². The highest BCUT2D eigenvalue weighted by Crippen LogP contribution is 2.28. The lowest BCUT2D eigenvalue weighted by molar-refractivity contribution is -0.0577. The summed E-state index contributed by atoms with van der Waals surface area (Å²) in [5, 5.41) is 9.27. The second kappa shape index (κ2) is 8.49. The maximum absolute atomic E-state index is 9.27. The number of nitriles is 1. The predicted molar refractivity (Wildman–Crippen MR) is 95.4 cm³/mol. The van der Waals surface area contributed by atoms with Gasteiger partial charge >= 0.3 is 0 Å². The van der Waals surface area contributed by atoms with E-state index in [2.05, 4.69) is 25.7 Å². The van der Waals surface area contributed by atoms with Crippen LogP contribution >= 0.6 is 0 Å². The summed E-state index contributed by atoms with van der Waals surface area (Å²) in [5.74, 6) is 0.768. The van der Waals surface area contributed by atoms with Crippen LogP contribution in [-0.4, -0.2) is 28.6 Å². The van der Waals surface area contributed by atoms with Crippen molar-refractivity contribution in [3.05, 3.63) is 29.3 Å². The average molecular weight is 336 g/mol. The maximum Gasteiger partial charge on any atom is 0.147 e. The molecule has 0 saturated heterocycles.